The van der Waals surface area contributed by atoms with Crippen molar-refractivity contribution in [3.63, 3.8) is 0 Å². The van der Waals surface area contributed by atoms with Gasteiger partial charge in [0.25, 0.3) is 5.56 Å². The van der Waals surface area contributed by atoms with Gasteiger partial charge in [-0.1, -0.05) is 0 Å². The smallest absolute Gasteiger partial charge is 0.406 e. The predicted octanol–water partition coefficient (Wildman–Crippen LogP) is 2.45. The molecule has 144 valence electrons. The molecule has 3 rings (SSSR count). The van der Waals surface area contributed by atoms with Crippen molar-refractivity contribution < 1.29 is 17.9 Å². The van der Waals surface area contributed by atoms with Crippen molar-refractivity contribution in [2.45, 2.75) is 6.36 Å². The van der Waals surface area contributed by atoms with Crippen LogP contribution < -0.4 is 21.8 Å². The van der Waals surface area contributed by atoms with Gasteiger partial charge in [-0.3, -0.25) is 14.3 Å². The zero-order valence-corrected chi connectivity index (χ0v) is 14.2. The summed E-state index contributed by atoms with van der Waals surface area (Å²) >= 11 is 0. The zero-order valence-electron chi connectivity index (χ0n) is 14.2. The molecule has 0 atom stereocenters. The van der Waals surface area contributed by atoms with Crippen LogP contribution in [0.1, 0.15) is 5.56 Å². The molecular weight excluding hydrogens is 375 g/mol. The summed E-state index contributed by atoms with van der Waals surface area (Å²) in [5.41, 5.74) is 12.3. The number of allylic oxidation sites excluding steroid dienone is 2. The van der Waals surface area contributed by atoms with E-state index in [2.05, 4.69) is 14.7 Å². The molecule has 0 radical (unpaired) electrons. The number of rotatable bonds is 4. The van der Waals surface area contributed by atoms with Crippen molar-refractivity contribution in [3.8, 4) is 11.4 Å². The molecule has 0 spiro atoms. The van der Waals surface area contributed by atoms with Crippen LogP contribution in [0, 0.1) is 0 Å². The number of hydrogen-bond donors (Lipinski definition) is 2. The van der Waals surface area contributed by atoms with E-state index < -0.39 is 17.7 Å². The lowest BCUT2D eigenvalue weighted by atomic mass is 10.1. The van der Waals surface area contributed by atoms with Gasteiger partial charge in [0.05, 0.1) is 0 Å². The van der Waals surface area contributed by atoms with Gasteiger partial charge in [0.1, 0.15) is 11.3 Å². The van der Waals surface area contributed by atoms with Crippen LogP contribution in [0.4, 0.5) is 13.2 Å². The average molecular weight is 389 g/mol. The highest BCUT2D eigenvalue weighted by Gasteiger charge is 2.31. The topological polar surface area (TPSA) is 109 Å². The number of pyridine rings is 1. The van der Waals surface area contributed by atoms with Gasteiger partial charge in [0, 0.05) is 41.6 Å². The standard InChI is InChI=1S/C18H14F3N5O2/c19-18(20,21)28-13-3-1-12(2-4-13)26-10-14(11(9-23)5-6-22)15-16(17(26)27)25-8-7-24-15/h1-10H,22-23H2/b6-5-,11-9+. The van der Waals surface area contributed by atoms with Gasteiger partial charge in [-0.2, -0.15) is 0 Å². The second-order valence-corrected chi connectivity index (χ2v) is 5.49. The SMILES string of the molecule is N/C=C\C(=C/N)c1cn(-c2ccc(OC(F)(F)F)cc2)c(=O)c2nccnc12. The summed E-state index contributed by atoms with van der Waals surface area (Å²) in [6, 6.07) is 4.85. The van der Waals surface area contributed by atoms with E-state index in [1.54, 1.807) is 0 Å². The summed E-state index contributed by atoms with van der Waals surface area (Å²) in [4.78, 5) is 21.1. The van der Waals surface area contributed by atoms with Crippen LogP contribution in [0.25, 0.3) is 22.3 Å². The van der Waals surface area contributed by atoms with Gasteiger partial charge in [-0.25, -0.2) is 4.98 Å². The maximum absolute atomic E-state index is 12.8. The van der Waals surface area contributed by atoms with Crippen molar-refractivity contribution in [2.75, 3.05) is 0 Å². The highest BCUT2D eigenvalue weighted by Crippen LogP contribution is 2.25. The van der Waals surface area contributed by atoms with E-state index in [0.29, 0.717) is 22.3 Å². The van der Waals surface area contributed by atoms with E-state index in [1.165, 1.54) is 53.8 Å². The van der Waals surface area contributed by atoms with E-state index in [-0.39, 0.29) is 5.52 Å². The van der Waals surface area contributed by atoms with Crippen LogP contribution in [-0.4, -0.2) is 20.9 Å². The Balaban J connectivity index is 2.19. The molecule has 0 saturated carbocycles. The van der Waals surface area contributed by atoms with E-state index >= 15 is 0 Å². The normalized spacial score (nSPS) is 12.6. The molecule has 2 heterocycles. The Morgan fingerprint density at radius 3 is 2.29 bits per heavy atom. The number of nitrogens with zero attached hydrogens (tertiary/aromatic N) is 3. The molecule has 4 N–H and O–H groups in total. The molecule has 1 aromatic carbocycles. The van der Waals surface area contributed by atoms with E-state index in [4.69, 9.17) is 11.5 Å². The average Bonchev–Trinajstić information content (AvgIpc) is 2.67. The van der Waals surface area contributed by atoms with Gasteiger partial charge < -0.3 is 16.2 Å². The molecule has 28 heavy (non-hydrogen) atoms. The molecule has 3 aromatic rings. The second-order valence-electron chi connectivity index (χ2n) is 5.49. The number of hydrogen-bond acceptors (Lipinski definition) is 6. The van der Waals surface area contributed by atoms with Gasteiger partial charge >= 0.3 is 6.36 Å². The van der Waals surface area contributed by atoms with Crippen molar-refractivity contribution in [1.82, 2.24) is 14.5 Å². The van der Waals surface area contributed by atoms with Gasteiger partial charge in [0.2, 0.25) is 0 Å². The summed E-state index contributed by atoms with van der Waals surface area (Å²) in [6.45, 7) is 0. The summed E-state index contributed by atoms with van der Waals surface area (Å²) in [7, 11) is 0. The Bertz CT molecular complexity index is 1120. The highest BCUT2D eigenvalue weighted by atomic mass is 19.4. The van der Waals surface area contributed by atoms with Crippen molar-refractivity contribution >= 4 is 16.6 Å². The largest absolute Gasteiger partial charge is 0.573 e. The molecule has 10 heteroatoms. The van der Waals surface area contributed by atoms with Crippen molar-refractivity contribution in [1.29, 1.82) is 0 Å². The predicted molar refractivity (Wildman–Crippen MR) is 97.3 cm³/mol. The maximum Gasteiger partial charge on any atom is 0.573 e. The van der Waals surface area contributed by atoms with Crippen LogP contribution in [0.3, 0.4) is 0 Å². The third-order valence-electron chi connectivity index (χ3n) is 3.75. The lowest BCUT2D eigenvalue weighted by Gasteiger charge is -2.13. The molecule has 0 aliphatic heterocycles. The quantitative estimate of drug-likeness (QED) is 0.664. The summed E-state index contributed by atoms with van der Waals surface area (Å²) < 4.78 is 42.1. The first-order valence-corrected chi connectivity index (χ1v) is 7.87. The molecule has 0 amide bonds. The summed E-state index contributed by atoms with van der Waals surface area (Å²) in [6.07, 6.45) is 3.55. The lowest BCUT2D eigenvalue weighted by molar-refractivity contribution is -0.274. The molecule has 0 bridgehead atoms. The number of halogens is 3. The van der Waals surface area contributed by atoms with E-state index in [0.717, 1.165) is 12.1 Å². The fourth-order valence-electron chi connectivity index (χ4n) is 2.60. The lowest BCUT2D eigenvalue weighted by Crippen LogP contribution is -2.21. The molecule has 7 nitrogen and oxygen atoms in total. The molecule has 0 aliphatic carbocycles. The minimum atomic E-state index is -4.81. The van der Waals surface area contributed by atoms with Crippen LogP contribution in [0.15, 0.2) is 66.1 Å². The molecule has 0 saturated heterocycles. The Hall–Kier alpha value is -3.82. The van der Waals surface area contributed by atoms with Gasteiger partial charge in [-0.15, -0.1) is 13.2 Å². The van der Waals surface area contributed by atoms with Crippen LogP contribution in [0.5, 0.6) is 5.75 Å². The first-order chi connectivity index (χ1) is 13.3. The summed E-state index contributed by atoms with van der Waals surface area (Å²) in [5.74, 6) is -0.404. The number of aromatic nitrogens is 3. The number of alkyl halides is 3. The minimum Gasteiger partial charge on any atom is -0.406 e. The third kappa shape index (κ3) is 3.80. The van der Waals surface area contributed by atoms with E-state index in [1.807, 2.05) is 0 Å². The first kappa shape index (κ1) is 19.0. The molecule has 0 unspecified atom stereocenters. The molecule has 0 fully saturated rings. The van der Waals surface area contributed by atoms with Crippen LogP contribution in [-0.2, 0) is 0 Å². The maximum atomic E-state index is 12.8. The van der Waals surface area contributed by atoms with Gasteiger partial charge in [-0.05, 0) is 36.5 Å². The number of nitrogens with two attached hydrogens (primary N) is 2. The Morgan fingerprint density at radius 2 is 1.71 bits per heavy atom. The Labute approximate surface area is 156 Å². The van der Waals surface area contributed by atoms with Gasteiger partial charge in [0.15, 0.2) is 5.52 Å². The third-order valence-corrected chi connectivity index (χ3v) is 3.75. The first-order valence-electron chi connectivity index (χ1n) is 7.87. The minimum absolute atomic E-state index is 0.0698. The number of ether oxygens (including phenoxy) is 1. The summed E-state index contributed by atoms with van der Waals surface area (Å²) in [5, 5.41) is 0. The second kappa shape index (κ2) is 7.43. The zero-order chi connectivity index (χ0) is 20.3. The van der Waals surface area contributed by atoms with Crippen molar-refractivity contribution in [2.24, 2.45) is 11.5 Å². The number of benzene rings is 1. The monoisotopic (exact) mass is 389 g/mol. The molecule has 0 aliphatic rings. The molecular formula is C18H14F3N5O2. The van der Waals surface area contributed by atoms with Crippen LogP contribution in [0.2, 0.25) is 0 Å². The Morgan fingerprint density at radius 1 is 1.07 bits per heavy atom. The van der Waals surface area contributed by atoms with Crippen molar-refractivity contribution in [3.05, 3.63) is 77.2 Å². The van der Waals surface area contributed by atoms with E-state index in [9.17, 15) is 18.0 Å². The fourth-order valence-corrected chi connectivity index (χ4v) is 2.60. The number of fused-ring (bicyclic) bond motifs is 1. The Kier molecular flexibility index (Phi) is 5.03. The molecule has 2 aromatic heterocycles. The fraction of sp³-hybridized carbons (Fsp3) is 0.0556. The van der Waals surface area contributed by atoms with Crippen LogP contribution >= 0.6 is 0 Å². The highest BCUT2D eigenvalue weighted by molar-refractivity contribution is 5.90.